The van der Waals surface area contributed by atoms with Crippen LogP contribution < -0.4 is 0 Å². The minimum atomic E-state index is -4.60. The molecule has 0 unspecified atom stereocenters. The number of fused-ring (bicyclic) bond motifs is 9. The molecule has 0 saturated carbocycles. The third-order valence-corrected chi connectivity index (χ3v) is 13.9. The van der Waals surface area contributed by atoms with Crippen molar-refractivity contribution in [2.24, 2.45) is 10.8 Å². The van der Waals surface area contributed by atoms with Crippen molar-refractivity contribution in [3.63, 3.8) is 0 Å². The van der Waals surface area contributed by atoms with Gasteiger partial charge in [0.2, 0.25) is 0 Å². The Labute approximate surface area is 402 Å². The molecule has 8 rings (SSSR count). The molecule has 1 N–H and O–H groups in total. The fourth-order valence-corrected chi connectivity index (χ4v) is 8.77. The minimum absolute atomic E-state index is 0. The third kappa shape index (κ3) is 9.75. The van der Waals surface area contributed by atoms with Crippen molar-refractivity contribution in [3.8, 4) is 66.9 Å². The summed E-state index contributed by atoms with van der Waals surface area (Å²) in [6.07, 6.45) is 1.13. The first kappa shape index (κ1) is 49.8. The number of carbonyl (C=O) groups excluding carboxylic acids is 1. The molecular weight excluding hydrogens is 1000 g/mol. The molecule has 0 fully saturated rings. The second kappa shape index (κ2) is 19.7. The van der Waals surface area contributed by atoms with Crippen LogP contribution in [0.15, 0.2) is 145 Å². The van der Waals surface area contributed by atoms with E-state index in [-0.39, 0.29) is 53.5 Å². The van der Waals surface area contributed by atoms with Crippen LogP contribution in [0.5, 0.6) is 0 Å². The molecule has 7 aromatic rings. The second-order valence-electron chi connectivity index (χ2n) is 18.8. The SMILES string of the molecule is CC(C)(C)c1cc(-c2cc(-c3ccc4c(c3)-c3ccccc3-c3ccccc3-c3ccccc3-4)c(C(F)(F)F)cn2)[c-]c2ccccc12.CCC(C)(CC)C(=O)/C=C(\O)C(C)(CC)CC.[Ir]. The first-order valence-corrected chi connectivity index (χ1v) is 22.8. The van der Waals surface area contributed by atoms with Crippen LogP contribution in [-0.2, 0) is 36.5 Å². The van der Waals surface area contributed by atoms with Gasteiger partial charge in [-0.15, -0.1) is 29.1 Å². The van der Waals surface area contributed by atoms with E-state index in [0.717, 1.165) is 92.7 Å². The number of alkyl halides is 3. The number of allylic oxidation sites excluding steroid dienone is 2. The first-order chi connectivity index (χ1) is 30.9. The molecule has 0 amide bonds. The standard InChI is InChI=1S/C44H31F3N.C15H28O2.Ir/c1-43(2,3)40-24-29(22-27-12-4-5-13-30(27)40)42-25-38(41(26-48-42)44(45,46)47)28-20-21-37-35-18-9-8-16-33(35)31-14-6-7-15-32(31)34-17-10-11-19-36(34)39(37)23-28;1-7-14(5,8-2)12(16)11-13(17)15(6,9-3)10-4;/h4-21,23-26H,1-3H3;11,16H,7-10H2,1-6H3;/q-1;;/b;12-11-;. The van der Waals surface area contributed by atoms with Gasteiger partial charge < -0.3 is 5.11 Å². The number of rotatable bonds is 9. The summed E-state index contributed by atoms with van der Waals surface area (Å²) in [4.78, 5) is 16.6. The number of aliphatic hydroxyl groups excluding tert-OH is 1. The van der Waals surface area contributed by atoms with Crippen molar-refractivity contribution >= 4 is 16.6 Å². The van der Waals surface area contributed by atoms with Crippen molar-refractivity contribution in [3.05, 3.63) is 163 Å². The van der Waals surface area contributed by atoms with Crippen LogP contribution in [0, 0.1) is 16.9 Å². The van der Waals surface area contributed by atoms with Crippen LogP contribution in [0.1, 0.15) is 99.1 Å². The third-order valence-electron chi connectivity index (χ3n) is 13.9. The molecule has 0 bridgehead atoms. The van der Waals surface area contributed by atoms with Crippen molar-refractivity contribution < 1.29 is 43.2 Å². The van der Waals surface area contributed by atoms with Gasteiger partial charge in [0.05, 0.1) is 5.56 Å². The maximum atomic E-state index is 14.7. The van der Waals surface area contributed by atoms with E-state index in [4.69, 9.17) is 0 Å². The average molecular weight is 1060 g/mol. The molecular formula is C59H59F3IrNO2-. The summed E-state index contributed by atoms with van der Waals surface area (Å²) in [7, 11) is 0. The second-order valence-corrected chi connectivity index (χ2v) is 18.8. The molecule has 1 aliphatic carbocycles. The summed E-state index contributed by atoms with van der Waals surface area (Å²) in [6.45, 7) is 18.5. The number of aromatic nitrogens is 1. The largest absolute Gasteiger partial charge is 0.512 e. The Kier molecular flexibility index (Phi) is 14.9. The Bertz CT molecular complexity index is 2910. The van der Waals surface area contributed by atoms with Crippen LogP contribution >= 0.6 is 0 Å². The molecule has 0 spiro atoms. The zero-order valence-corrected chi connectivity index (χ0v) is 41.8. The number of benzene rings is 6. The van der Waals surface area contributed by atoms with Gasteiger partial charge in [-0.3, -0.25) is 9.78 Å². The minimum Gasteiger partial charge on any atom is -0.512 e. The number of nitrogens with zero attached hydrogens (tertiary/aromatic N) is 1. The van der Waals surface area contributed by atoms with E-state index in [1.807, 2.05) is 120 Å². The van der Waals surface area contributed by atoms with E-state index in [0.29, 0.717) is 16.8 Å². The predicted molar refractivity (Wildman–Crippen MR) is 264 cm³/mol. The molecule has 66 heavy (non-hydrogen) atoms. The maximum Gasteiger partial charge on any atom is 0.418 e. The molecule has 1 aliphatic rings. The summed E-state index contributed by atoms with van der Waals surface area (Å²) in [5.74, 6) is 0.286. The normalized spacial score (nSPS) is 12.6. The zero-order valence-electron chi connectivity index (χ0n) is 39.4. The van der Waals surface area contributed by atoms with E-state index >= 15 is 0 Å². The Hall–Kier alpha value is -5.62. The quantitative estimate of drug-likeness (QED) is 0.0890. The van der Waals surface area contributed by atoms with Crippen molar-refractivity contribution in [1.29, 1.82) is 0 Å². The van der Waals surface area contributed by atoms with Gasteiger partial charge in [0.15, 0.2) is 5.78 Å². The van der Waals surface area contributed by atoms with Crippen LogP contribution in [0.2, 0.25) is 0 Å². The Morgan fingerprint density at radius 3 is 1.50 bits per heavy atom. The number of halogens is 3. The fraction of sp³-hybridized carbons (Fsp3) is 0.288. The van der Waals surface area contributed by atoms with E-state index in [2.05, 4.69) is 74.3 Å². The number of hydrogen-bond donors (Lipinski definition) is 1. The van der Waals surface area contributed by atoms with Gasteiger partial charge >= 0.3 is 6.18 Å². The molecule has 7 heteroatoms. The maximum absolute atomic E-state index is 14.7. The number of carbonyl (C=O) groups is 1. The smallest absolute Gasteiger partial charge is 0.418 e. The summed E-state index contributed by atoms with van der Waals surface area (Å²) in [5.41, 5.74) is 9.36. The fourth-order valence-electron chi connectivity index (χ4n) is 8.77. The van der Waals surface area contributed by atoms with E-state index in [9.17, 15) is 23.1 Å². The number of hydrogen-bond acceptors (Lipinski definition) is 3. The summed E-state index contributed by atoms with van der Waals surface area (Å²) in [6, 6.07) is 45.4. The molecule has 1 aromatic heterocycles. The van der Waals surface area contributed by atoms with Crippen LogP contribution in [-0.4, -0.2) is 15.9 Å². The van der Waals surface area contributed by atoms with Crippen LogP contribution in [0.3, 0.4) is 0 Å². The summed E-state index contributed by atoms with van der Waals surface area (Å²) < 4.78 is 44.1. The topological polar surface area (TPSA) is 50.2 Å². The van der Waals surface area contributed by atoms with E-state index in [1.165, 1.54) is 6.08 Å². The van der Waals surface area contributed by atoms with Crippen molar-refractivity contribution in [1.82, 2.24) is 4.98 Å². The number of pyridine rings is 1. The predicted octanol–water partition coefficient (Wildman–Crippen LogP) is 17.3. The van der Waals surface area contributed by atoms with E-state index < -0.39 is 11.7 Å². The summed E-state index contributed by atoms with van der Waals surface area (Å²) >= 11 is 0. The Balaban J connectivity index is 0.000000343. The molecule has 1 radical (unpaired) electrons. The number of aliphatic hydroxyl groups is 1. The van der Waals surface area contributed by atoms with Crippen molar-refractivity contribution in [2.45, 2.75) is 99.6 Å². The zero-order chi connectivity index (χ0) is 46.9. The van der Waals surface area contributed by atoms with Gasteiger partial charge in [-0.05, 0) is 92.8 Å². The Morgan fingerprint density at radius 1 is 0.576 bits per heavy atom. The van der Waals surface area contributed by atoms with Gasteiger partial charge in [-0.1, -0.05) is 182 Å². The molecule has 0 atom stereocenters. The van der Waals surface area contributed by atoms with Crippen LogP contribution in [0.25, 0.3) is 77.7 Å². The van der Waals surface area contributed by atoms with Gasteiger partial charge in [0.1, 0.15) is 5.76 Å². The van der Waals surface area contributed by atoms with Crippen LogP contribution in [0.4, 0.5) is 13.2 Å². The van der Waals surface area contributed by atoms with E-state index in [1.54, 1.807) is 6.07 Å². The number of ketones is 1. The first-order valence-electron chi connectivity index (χ1n) is 22.8. The average Bonchev–Trinajstić information content (AvgIpc) is 3.31. The molecule has 3 nitrogen and oxygen atoms in total. The van der Waals surface area contributed by atoms with Gasteiger partial charge in [0, 0.05) is 48.9 Å². The molecule has 0 saturated heterocycles. The molecule has 0 aliphatic heterocycles. The van der Waals surface area contributed by atoms with Gasteiger partial charge in [0.25, 0.3) is 0 Å². The van der Waals surface area contributed by atoms with Gasteiger partial charge in [-0.25, -0.2) is 0 Å². The Morgan fingerprint density at radius 2 is 1.03 bits per heavy atom. The molecule has 6 aromatic carbocycles. The molecule has 343 valence electrons. The summed E-state index contributed by atoms with van der Waals surface area (Å²) in [5, 5.41) is 12.1. The molecule has 1 heterocycles. The van der Waals surface area contributed by atoms with Crippen molar-refractivity contribution in [2.75, 3.05) is 0 Å². The van der Waals surface area contributed by atoms with Gasteiger partial charge in [-0.2, -0.15) is 13.2 Å². The monoisotopic (exact) mass is 1060 g/mol.